The molecule has 0 atom stereocenters. The molecule has 0 saturated heterocycles. The molecule has 0 radical (unpaired) electrons. The highest BCUT2D eigenvalue weighted by atomic mass is 35.5. The maximum absolute atomic E-state index is 13.0. The minimum atomic E-state index is -0.702. The summed E-state index contributed by atoms with van der Waals surface area (Å²) in [5, 5.41) is 4.65. The van der Waals surface area contributed by atoms with Crippen LogP contribution in [0.2, 0.25) is 10.0 Å². The topological polar surface area (TPSA) is 70.7 Å². The minimum Gasteiger partial charge on any atom is -0.496 e. The fraction of sp³-hybridized carbons (Fsp3) is 0.300. The molecule has 0 fully saturated rings. The van der Waals surface area contributed by atoms with Crippen molar-refractivity contribution in [1.82, 2.24) is 10.4 Å². The third kappa shape index (κ3) is 5.30. The molecule has 6 nitrogen and oxygen atoms in total. The predicted molar refractivity (Wildman–Crippen MR) is 112 cm³/mol. The molecule has 2 aromatic carbocycles. The van der Waals surface area contributed by atoms with E-state index in [1.807, 2.05) is 6.92 Å². The van der Waals surface area contributed by atoms with Crippen LogP contribution in [0.3, 0.4) is 0 Å². The Morgan fingerprint density at radius 1 is 1.07 bits per heavy atom. The number of amides is 3. The van der Waals surface area contributed by atoms with E-state index >= 15 is 0 Å². The zero-order chi connectivity index (χ0) is 21.1. The van der Waals surface area contributed by atoms with Gasteiger partial charge in [-0.3, -0.25) is 4.79 Å². The van der Waals surface area contributed by atoms with Gasteiger partial charge in [0.25, 0.3) is 5.91 Å². The van der Waals surface area contributed by atoms with E-state index in [2.05, 4.69) is 10.7 Å². The van der Waals surface area contributed by atoms with Gasteiger partial charge in [-0.2, -0.15) is 0 Å². The lowest BCUT2D eigenvalue weighted by Gasteiger charge is -2.35. The van der Waals surface area contributed by atoms with Crippen LogP contribution in [0.15, 0.2) is 36.4 Å². The molecule has 0 unspecified atom stereocenters. The summed E-state index contributed by atoms with van der Waals surface area (Å²) < 4.78 is 5.26. The van der Waals surface area contributed by atoms with Crippen LogP contribution >= 0.6 is 23.2 Å². The lowest BCUT2D eigenvalue weighted by molar-refractivity contribution is 0.0460. The molecule has 3 amide bonds. The Labute approximate surface area is 174 Å². The van der Waals surface area contributed by atoms with Crippen molar-refractivity contribution in [2.45, 2.75) is 33.2 Å². The molecule has 0 aromatic heterocycles. The first-order valence-corrected chi connectivity index (χ1v) is 9.30. The number of nitrogens with one attached hydrogen (secondary N) is 2. The molecule has 0 spiro atoms. The second-order valence-electron chi connectivity index (χ2n) is 7.17. The van der Waals surface area contributed by atoms with Crippen LogP contribution in [0, 0.1) is 6.92 Å². The number of urea groups is 1. The molecule has 2 aromatic rings. The van der Waals surface area contributed by atoms with Gasteiger partial charge in [-0.1, -0.05) is 29.3 Å². The molecular weight excluding hydrogens is 401 g/mol. The number of hydrogen-bond donors (Lipinski definition) is 2. The zero-order valence-electron chi connectivity index (χ0n) is 16.4. The summed E-state index contributed by atoms with van der Waals surface area (Å²) in [6, 6.07) is 9.28. The van der Waals surface area contributed by atoms with Crippen molar-refractivity contribution < 1.29 is 14.3 Å². The standard InChI is InChI=1S/C20H23Cl2N3O3/c1-12-16(7-6-8-17(12)28-5)23-19(27)24-25(20(2,3)4)18(26)13-9-14(21)11-15(22)10-13/h6-11H,1-5H3,(H2,23,24,27). The molecule has 2 rings (SSSR count). The van der Waals surface area contributed by atoms with Gasteiger partial charge in [0.1, 0.15) is 5.75 Å². The molecule has 0 heterocycles. The van der Waals surface area contributed by atoms with E-state index in [-0.39, 0.29) is 5.56 Å². The molecule has 0 aliphatic heterocycles. The first kappa shape index (κ1) is 21.9. The van der Waals surface area contributed by atoms with Crippen molar-refractivity contribution in [3.63, 3.8) is 0 Å². The van der Waals surface area contributed by atoms with E-state index in [0.717, 1.165) is 5.56 Å². The van der Waals surface area contributed by atoms with Crippen molar-refractivity contribution >= 4 is 40.8 Å². The second-order valence-corrected chi connectivity index (χ2v) is 8.04. The molecule has 150 valence electrons. The first-order chi connectivity index (χ1) is 13.0. The van der Waals surface area contributed by atoms with Gasteiger partial charge in [-0.15, -0.1) is 0 Å². The SMILES string of the molecule is COc1cccc(NC(=O)NN(C(=O)c2cc(Cl)cc(Cl)c2)C(C)(C)C)c1C. The maximum Gasteiger partial charge on any atom is 0.338 e. The van der Waals surface area contributed by atoms with Gasteiger partial charge in [-0.05, 0) is 58.0 Å². The molecular formula is C20H23Cl2N3O3. The number of hydrogen-bond acceptors (Lipinski definition) is 3. The van der Waals surface area contributed by atoms with E-state index < -0.39 is 17.5 Å². The van der Waals surface area contributed by atoms with E-state index in [1.165, 1.54) is 23.2 Å². The van der Waals surface area contributed by atoms with Crippen LogP contribution < -0.4 is 15.5 Å². The molecule has 0 aliphatic rings. The summed E-state index contributed by atoms with van der Waals surface area (Å²) in [5.41, 5.74) is 3.53. The van der Waals surface area contributed by atoms with Crippen LogP contribution in [0.1, 0.15) is 36.7 Å². The van der Waals surface area contributed by atoms with Gasteiger partial charge in [0.15, 0.2) is 0 Å². The number of carbonyl (C=O) groups excluding carboxylic acids is 2. The monoisotopic (exact) mass is 423 g/mol. The number of methoxy groups -OCH3 is 1. The molecule has 0 bridgehead atoms. The van der Waals surface area contributed by atoms with Gasteiger partial charge in [0, 0.05) is 26.9 Å². The molecule has 8 heteroatoms. The third-order valence-electron chi connectivity index (χ3n) is 3.95. The minimum absolute atomic E-state index is 0.269. The Bertz CT molecular complexity index is 875. The average molecular weight is 424 g/mol. The lowest BCUT2D eigenvalue weighted by Crippen LogP contribution is -2.56. The summed E-state index contributed by atoms with van der Waals surface area (Å²) in [4.78, 5) is 25.6. The highest BCUT2D eigenvalue weighted by molar-refractivity contribution is 6.35. The average Bonchev–Trinajstić information content (AvgIpc) is 2.59. The number of nitrogens with zero attached hydrogens (tertiary/aromatic N) is 1. The van der Waals surface area contributed by atoms with Crippen LogP contribution in [0.25, 0.3) is 0 Å². The Hall–Kier alpha value is -2.44. The zero-order valence-corrected chi connectivity index (χ0v) is 17.9. The van der Waals surface area contributed by atoms with Gasteiger partial charge in [0.2, 0.25) is 0 Å². The highest BCUT2D eigenvalue weighted by Crippen LogP contribution is 2.25. The van der Waals surface area contributed by atoms with Crippen LogP contribution in [0.4, 0.5) is 10.5 Å². The number of halogens is 2. The van der Waals surface area contributed by atoms with Crippen molar-refractivity contribution in [3.8, 4) is 5.75 Å². The van der Waals surface area contributed by atoms with Crippen LogP contribution in [-0.2, 0) is 0 Å². The maximum atomic E-state index is 13.0. The number of benzene rings is 2. The van der Waals surface area contributed by atoms with Crippen molar-refractivity contribution in [1.29, 1.82) is 0 Å². The first-order valence-electron chi connectivity index (χ1n) is 8.55. The van der Waals surface area contributed by atoms with E-state index in [4.69, 9.17) is 27.9 Å². The summed E-state index contributed by atoms with van der Waals surface area (Å²) >= 11 is 12.0. The third-order valence-corrected chi connectivity index (χ3v) is 4.39. The molecule has 0 saturated carbocycles. The Balaban J connectivity index is 2.25. The predicted octanol–water partition coefficient (Wildman–Crippen LogP) is 5.29. The summed E-state index contributed by atoms with van der Waals surface area (Å²) in [6.45, 7) is 7.23. The van der Waals surface area contributed by atoms with Gasteiger partial charge in [0.05, 0.1) is 12.6 Å². The lowest BCUT2D eigenvalue weighted by atomic mass is 10.1. The number of rotatable bonds is 3. The number of hydrazine groups is 1. The van der Waals surface area contributed by atoms with Crippen LogP contribution in [-0.4, -0.2) is 29.6 Å². The Morgan fingerprint density at radius 2 is 1.68 bits per heavy atom. The summed E-state index contributed by atoms with van der Waals surface area (Å²) in [5.74, 6) is 0.213. The second kappa shape index (κ2) is 8.71. The number of anilines is 1. The van der Waals surface area contributed by atoms with Crippen molar-refractivity contribution in [2.24, 2.45) is 0 Å². The van der Waals surface area contributed by atoms with Crippen molar-refractivity contribution in [2.75, 3.05) is 12.4 Å². The van der Waals surface area contributed by atoms with E-state index in [1.54, 1.807) is 46.1 Å². The van der Waals surface area contributed by atoms with Gasteiger partial charge in [-0.25, -0.2) is 15.2 Å². The Morgan fingerprint density at radius 3 is 2.21 bits per heavy atom. The normalized spacial score (nSPS) is 11.0. The highest BCUT2D eigenvalue weighted by Gasteiger charge is 2.30. The molecule has 0 aliphatic carbocycles. The number of carbonyl (C=O) groups is 2. The van der Waals surface area contributed by atoms with Crippen molar-refractivity contribution in [3.05, 3.63) is 57.6 Å². The van der Waals surface area contributed by atoms with Crippen LogP contribution in [0.5, 0.6) is 5.75 Å². The summed E-state index contributed by atoms with van der Waals surface area (Å²) in [6.07, 6.45) is 0. The molecule has 2 N–H and O–H groups in total. The van der Waals surface area contributed by atoms with Gasteiger partial charge < -0.3 is 10.1 Å². The number of ether oxygens (including phenoxy) is 1. The smallest absolute Gasteiger partial charge is 0.338 e. The largest absolute Gasteiger partial charge is 0.496 e. The quantitative estimate of drug-likeness (QED) is 0.658. The Kier molecular flexibility index (Phi) is 6.80. The fourth-order valence-electron chi connectivity index (χ4n) is 2.55. The molecule has 28 heavy (non-hydrogen) atoms. The fourth-order valence-corrected chi connectivity index (χ4v) is 3.08. The van der Waals surface area contributed by atoms with E-state index in [9.17, 15) is 9.59 Å². The summed E-state index contributed by atoms with van der Waals surface area (Å²) in [7, 11) is 1.56. The van der Waals surface area contributed by atoms with E-state index in [0.29, 0.717) is 21.5 Å². The van der Waals surface area contributed by atoms with Gasteiger partial charge >= 0.3 is 6.03 Å².